The molecule has 3 rings (SSSR count). The third kappa shape index (κ3) is 6.21. The van der Waals surface area contributed by atoms with Crippen LogP contribution in [0.5, 0.6) is 0 Å². The number of hydrogen-bond donors (Lipinski definition) is 2. The lowest BCUT2D eigenvalue weighted by Gasteiger charge is -2.19. The Morgan fingerprint density at radius 3 is 2.52 bits per heavy atom. The van der Waals surface area contributed by atoms with Crippen LogP contribution in [0.4, 0.5) is 5.69 Å². The number of sulfone groups is 1. The topological polar surface area (TPSA) is 84.5 Å². The van der Waals surface area contributed by atoms with E-state index in [4.69, 9.17) is 5.73 Å². The van der Waals surface area contributed by atoms with Crippen molar-refractivity contribution in [2.45, 2.75) is 38.0 Å². The van der Waals surface area contributed by atoms with Gasteiger partial charge in [0.25, 0.3) is 0 Å². The van der Waals surface area contributed by atoms with Gasteiger partial charge in [-0.15, -0.1) is 24.0 Å². The summed E-state index contributed by atoms with van der Waals surface area (Å²) in [6.45, 7) is 0.347. The summed E-state index contributed by atoms with van der Waals surface area (Å²) in [6.07, 6.45) is 5.84. The van der Waals surface area contributed by atoms with Crippen molar-refractivity contribution in [2.75, 3.05) is 11.6 Å². The smallest absolute Gasteiger partial charge is 0.193 e. The Kier molecular flexibility index (Phi) is 7.67. The summed E-state index contributed by atoms with van der Waals surface area (Å²) in [5, 5.41) is 3.22. The first-order chi connectivity index (χ1) is 12.4. The zero-order chi connectivity index (χ0) is 18.6. The minimum atomic E-state index is -3.09. The quantitative estimate of drug-likeness (QED) is 0.374. The van der Waals surface area contributed by atoms with Crippen molar-refractivity contribution in [1.29, 1.82) is 0 Å². The number of guanidine groups is 1. The summed E-state index contributed by atoms with van der Waals surface area (Å²) < 4.78 is 23.2. The molecule has 0 atom stereocenters. The van der Waals surface area contributed by atoms with Crippen molar-refractivity contribution < 1.29 is 8.42 Å². The zero-order valence-corrected chi connectivity index (χ0v) is 18.6. The first-order valence-electron chi connectivity index (χ1n) is 8.84. The van der Waals surface area contributed by atoms with Crippen LogP contribution in [0, 0.1) is 0 Å². The molecule has 1 aliphatic rings. The van der Waals surface area contributed by atoms with Gasteiger partial charge >= 0.3 is 0 Å². The lowest BCUT2D eigenvalue weighted by atomic mass is 9.90. The molecule has 0 radical (unpaired) electrons. The molecule has 5 nitrogen and oxygen atoms in total. The van der Waals surface area contributed by atoms with E-state index in [0.717, 1.165) is 29.7 Å². The first kappa shape index (κ1) is 21.7. The van der Waals surface area contributed by atoms with Crippen LogP contribution in [0.3, 0.4) is 0 Å². The van der Waals surface area contributed by atoms with E-state index in [1.807, 2.05) is 36.4 Å². The second kappa shape index (κ2) is 9.54. The van der Waals surface area contributed by atoms with Gasteiger partial charge in [0.1, 0.15) is 0 Å². The van der Waals surface area contributed by atoms with Crippen LogP contribution >= 0.6 is 24.0 Å². The Hall–Kier alpha value is -1.61. The van der Waals surface area contributed by atoms with Crippen LogP contribution in [0.15, 0.2) is 47.5 Å². The number of nitrogens with one attached hydrogen (secondary N) is 1. The lowest BCUT2D eigenvalue weighted by molar-refractivity contribution is 0.601. The molecule has 0 aliphatic heterocycles. The fourth-order valence-corrected chi connectivity index (χ4v) is 4.23. The second-order valence-electron chi connectivity index (χ2n) is 6.82. The fraction of sp³-hybridized carbons (Fsp3) is 0.350. The van der Waals surface area contributed by atoms with Crippen LogP contribution in [-0.2, 0) is 35.0 Å². The molecule has 0 heterocycles. The lowest BCUT2D eigenvalue weighted by Crippen LogP contribution is -2.24. The van der Waals surface area contributed by atoms with Gasteiger partial charge in [0.05, 0.1) is 12.3 Å². The van der Waals surface area contributed by atoms with Gasteiger partial charge in [-0.1, -0.05) is 36.4 Å². The monoisotopic (exact) mass is 499 g/mol. The summed E-state index contributed by atoms with van der Waals surface area (Å²) in [7, 11) is -3.09. The van der Waals surface area contributed by atoms with E-state index in [1.165, 1.54) is 30.2 Å². The Morgan fingerprint density at radius 1 is 1.07 bits per heavy atom. The number of anilines is 1. The fourth-order valence-electron chi connectivity index (χ4n) is 3.38. The van der Waals surface area contributed by atoms with Gasteiger partial charge < -0.3 is 11.1 Å². The standard InChI is InChI=1S/C20H25N3O2S.HI/c1-26(24,25)14-17-9-3-2-8-16(17)13-22-20(21)23-19-12-6-10-15-7-4-5-11-18(15)19;/h2-3,6,8-10,12H,4-5,7,11,13-14H2,1H3,(H3,21,22,23);1H. The summed E-state index contributed by atoms with van der Waals surface area (Å²) in [4.78, 5) is 4.42. The van der Waals surface area contributed by atoms with E-state index in [0.29, 0.717) is 12.5 Å². The molecule has 0 amide bonds. The van der Waals surface area contributed by atoms with E-state index in [9.17, 15) is 8.42 Å². The summed E-state index contributed by atoms with van der Waals surface area (Å²) in [5.41, 5.74) is 11.5. The third-order valence-corrected chi connectivity index (χ3v) is 5.45. The minimum Gasteiger partial charge on any atom is -0.370 e. The second-order valence-corrected chi connectivity index (χ2v) is 8.96. The summed E-state index contributed by atoms with van der Waals surface area (Å²) in [5.74, 6) is 0.358. The number of halogens is 1. The van der Waals surface area contributed by atoms with Crippen molar-refractivity contribution >= 4 is 45.5 Å². The molecular weight excluding hydrogens is 473 g/mol. The van der Waals surface area contributed by atoms with Crippen molar-refractivity contribution in [1.82, 2.24) is 0 Å². The SMILES string of the molecule is CS(=O)(=O)Cc1ccccc1CN=C(N)Nc1cccc2c1CCCC2.I. The van der Waals surface area contributed by atoms with Gasteiger partial charge in [0.2, 0.25) is 0 Å². The van der Waals surface area contributed by atoms with Gasteiger partial charge in [-0.3, -0.25) is 0 Å². The molecule has 0 aromatic heterocycles. The maximum atomic E-state index is 11.6. The highest BCUT2D eigenvalue weighted by molar-refractivity contribution is 14.0. The maximum absolute atomic E-state index is 11.6. The van der Waals surface area contributed by atoms with Crippen LogP contribution in [0.2, 0.25) is 0 Å². The molecule has 146 valence electrons. The third-order valence-electron chi connectivity index (χ3n) is 4.61. The molecule has 0 fully saturated rings. The number of fused-ring (bicyclic) bond motifs is 1. The molecule has 0 unspecified atom stereocenters. The molecule has 1 aliphatic carbocycles. The molecule has 0 saturated heterocycles. The van der Waals surface area contributed by atoms with Crippen LogP contribution < -0.4 is 11.1 Å². The number of nitrogens with zero attached hydrogens (tertiary/aromatic N) is 1. The number of aryl methyl sites for hydroxylation is 1. The van der Waals surface area contributed by atoms with Gasteiger partial charge in [-0.2, -0.15) is 0 Å². The van der Waals surface area contributed by atoms with Crippen LogP contribution in [0.25, 0.3) is 0 Å². The number of nitrogens with two attached hydrogens (primary N) is 1. The Balaban J connectivity index is 0.00000261. The van der Waals surface area contributed by atoms with E-state index in [-0.39, 0.29) is 29.7 Å². The van der Waals surface area contributed by atoms with Gasteiger partial charge in [0, 0.05) is 11.9 Å². The first-order valence-corrected chi connectivity index (χ1v) is 10.9. The van der Waals surface area contributed by atoms with E-state index in [2.05, 4.69) is 16.4 Å². The van der Waals surface area contributed by atoms with Gasteiger partial charge in [-0.05, 0) is 54.0 Å². The summed E-state index contributed by atoms with van der Waals surface area (Å²) in [6, 6.07) is 13.7. The molecule has 0 saturated carbocycles. The average Bonchev–Trinajstić information content (AvgIpc) is 2.60. The number of hydrogen-bond acceptors (Lipinski definition) is 3. The van der Waals surface area contributed by atoms with Crippen molar-refractivity contribution in [3.63, 3.8) is 0 Å². The van der Waals surface area contributed by atoms with Crippen molar-refractivity contribution in [3.8, 4) is 0 Å². The predicted molar refractivity (Wildman–Crippen MR) is 122 cm³/mol. The highest BCUT2D eigenvalue weighted by atomic mass is 127. The van der Waals surface area contributed by atoms with Gasteiger partial charge in [0.15, 0.2) is 15.8 Å². The molecular formula is C20H26IN3O2S. The zero-order valence-electron chi connectivity index (χ0n) is 15.4. The normalized spacial score (nSPS) is 14.2. The van der Waals surface area contributed by atoms with Crippen molar-refractivity contribution in [3.05, 3.63) is 64.7 Å². The van der Waals surface area contributed by atoms with E-state index < -0.39 is 9.84 Å². The Labute approximate surface area is 178 Å². The molecule has 7 heteroatoms. The number of benzene rings is 2. The van der Waals surface area contributed by atoms with Crippen molar-refractivity contribution in [2.24, 2.45) is 10.7 Å². The van der Waals surface area contributed by atoms with E-state index in [1.54, 1.807) is 0 Å². The van der Waals surface area contributed by atoms with Crippen LogP contribution in [0.1, 0.15) is 35.1 Å². The molecule has 2 aromatic rings. The average molecular weight is 499 g/mol. The molecule has 0 bridgehead atoms. The van der Waals surface area contributed by atoms with Gasteiger partial charge in [-0.25, -0.2) is 13.4 Å². The maximum Gasteiger partial charge on any atom is 0.193 e. The highest BCUT2D eigenvalue weighted by Gasteiger charge is 2.13. The van der Waals surface area contributed by atoms with Crippen LogP contribution in [-0.4, -0.2) is 20.6 Å². The minimum absolute atomic E-state index is 0. The van der Waals surface area contributed by atoms with E-state index >= 15 is 0 Å². The molecule has 2 aromatic carbocycles. The number of aliphatic imine (C=N–C) groups is 1. The molecule has 3 N–H and O–H groups in total. The highest BCUT2D eigenvalue weighted by Crippen LogP contribution is 2.27. The predicted octanol–water partition coefficient (Wildman–Crippen LogP) is 3.65. The largest absolute Gasteiger partial charge is 0.370 e. The molecule has 27 heavy (non-hydrogen) atoms. The Morgan fingerprint density at radius 2 is 1.78 bits per heavy atom. The molecule has 0 spiro atoms. The summed E-state index contributed by atoms with van der Waals surface area (Å²) >= 11 is 0. The Bertz CT molecular complexity index is 927. The number of rotatable bonds is 5.